The fourth-order valence-corrected chi connectivity index (χ4v) is 3.98. The summed E-state index contributed by atoms with van der Waals surface area (Å²) in [6, 6.07) is 30.3. The van der Waals surface area contributed by atoms with E-state index in [4.69, 9.17) is 5.73 Å². The number of fused-ring (bicyclic) bond motifs is 6. The first-order chi connectivity index (χ1) is 12.7. The lowest BCUT2D eigenvalue weighted by molar-refractivity contribution is 1.47. The van der Waals surface area contributed by atoms with Crippen LogP contribution in [0.25, 0.3) is 43.4 Å². The van der Waals surface area contributed by atoms with Crippen LogP contribution in [0.4, 0.5) is 5.69 Å². The lowest BCUT2D eigenvalue weighted by atomic mass is 9.91. The zero-order chi connectivity index (χ0) is 17.7. The molecule has 0 saturated carbocycles. The molecule has 124 valence electrons. The Labute approximate surface area is 152 Å². The lowest BCUT2D eigenvalue weighted by Gasteiger charge is -2.12. The van der Waals surface area contributed by atoms with Crippen molar-refractivity contribution in [3.8, 4) is 11.1 Å². The number of anilines is 1. The molecule has 5 rings (SSSR count). The number of hydrogen-bond donors (Lipinski definition) is 1. The summed E-state index contributed by atoms with van der Waals surface area (Å²) in [7, 11) is 0. The molecular formula is C25H19N. The molecule has 0 aliphatic carbocycles. The lowest BCUT2D eigenvalue weighted by Crippen LogP contribution is -1.88. The van der Waals surface area contributed by atoms with Gasteiger partial charge in [-0.1, -0.05) is 72.3 Å². The molecule has 5 aromatic rings. The van der Waals surface area contributed by atoms with E-state index in [0.29, 0.717) is 0 Å². The molecule has 0 amide bonds. The highest BCUT2D eigenvalue weighted by Crippen LogP contribution is 2.37. The van der Waals surface area contributed by atoms with E-state index in [2.05, 4.69) is 85.8 Å². The molecule has 0 fully saturated rings. The zero-order valence-corrected chi connectivity index (χ0v) is 14.7. The van der Waals surface area contributed by atoms with Gasteiger partial charge in [0.2, 0.25) is 0 Å². The maximum Gasteiger partial charge on any atom is 0.0320 e. The Bertz CT molecular complexity index is 1280. The molecule has 0 aliphatic heterocycles. The molecule has 0 aliphatic rings. The Morgan fingerprint density at radius 1 is 0.500 bits per heavy atom. The van der Waals surface area contributed by atoms with Crippen LogP contribution in [-0.2, 0) is 0 Å². The number of rotatable bonds is 1. The summed E-state index contributed by atoms with van der Waals surface area (Å²) in [5.41, 5.74) is 10.7. The summed E-state index contributed by atoms with van der Waals surface area (Å²) in [5.74, 6) is 0. The summed E-state index contributed by atoms with van der Waals surface area (Å²) in [5, 5.41) is 7.56. The molecule has 0 unspecified atom stereocenters. The van der Waals surface area contributed by atoms with Crippen molar-refractivity contribution >= 4 is 38.0 Å². The van der Waals surface area contributed by atoms with Crippen LogP contribution in [-0.4, -0.2) is 0 Å². The van der Waals surface area contributed by atoms with E-state index in [-0.39, 0.29) is 0 Å². The normalized spacial score (nSPS) is 11.4. The quantitative estimate of drug-likeness (QED) is 0.268. The van der Waals surface area contributed by atoms with Crippen molar-refractivity contribution in [2.24, 2.45) is 0 Å². The predicted molar refractivity (Wildman–Crippen MR) is 114 cm³/mol. The van der Waals surface area contributed by atoms with E-state index in [1.54, 1.807) is 0 Å². The van der Waals surface area contributed by atoms with Crippen LogP contribution >= 0.6 is 0 Å². The molecule has 26 heavy (non-hydrogen) atoms. The van der Waals surface area contributed by atoms with Gasteiger partial charge in [0.25, 0.3) is 0 Å². The average molecular weight is 333 g/mol. The van der Waals surface area contributed by atoms with Crippen LogP contribution in [0, 0.1) is 6.92 Å². The Kier molecular flexibility index (Phi) is 3.23. The van der Waals surface area contributed by atoms with E-state index in [1.807, 2.05) is 6.07 Å². The van der Waals surface area contributed by atoms with Crippen molar-refractivity contribution in [1.82, 2.24) is 0 Å². The van der Waals surface area contributed by atoms with Crippen LogP contribution in [0.3, 0.4) is 0 Å². The molecule has 2 N–H and O–H groups in total. The third kappa shape index (κ3) is 2.25. The van der Waals surface area contributed by atoms with Gasteiger partial charge in [0, 0.05) is 5.69 Å². The van der Waals surface area contributed by atoms with E-state index >= 15 is 0 Å². The monoisotopic (exact) mass is 333 g/mol. The van der Waals surface area contributed by atoms with E-state index in [0.717, 1.165) is 5.69 Å². The van der Waals surface area contributed by atoms with E-state index < -0.39 is 0 Å². The second-order valence-electron chi connectivity index (χ2n) is 6.98. The summed E-state index contributed by atoms with van der Waals surface area (Å²) in [4.78, 5) is 0. The smallest absolute Gasteiger partial charge is 0.0320 e. The fraction of sp³-hybridized carbons (Fsp3) is 0.0400. The zero-order valence-electron chi connectivity index (χ0n) is 14.7. The van der Waals surface area contributed by atoms with Crippen LogP contribution < -0.4 is 5.73 Å². The molecule has 0 radical (unpaired) electrons. The average Bonchev–Trinajstić information content (AvgIpc) is 2.68. The van der Waals surface area contributed by atoms with Crippen molar-refractivity contribution in [3.05, 3.63) is 90.5 Å². The highest BCUT2D eigenvalue weighted by molar-refractivity contribution is 6.26. The van der Waals surface area contributed by atoms with Gasteiger partial charge < -0.3 is 5.73 Å². The van der Waals surface area contributed by atoms with Crippen molar-refractivity contribution in [1.29, 1.82) is 0 Å². The van der Waals surface area contributed by atoms with Gasteiger partial charge in [0.05, 0.1) is 0 Å². The predicted octanol–water partition coefficient (Wildman–Crippen LogP) is 6.70. The van der Waals surface area contributed by atoms with E-state index in [1.165, 1.54) is 49.0 Å². The number of hydrogen-bond acceptors (Lipinski definition) is 1. The minimum Gasteiger partial charge on any atom is -0.399 e. The molecule has 0 saturated heterocycles. The second kappa shape index (κ2) is 5.60. The second-order valence-corrected chi connectivity index (χ2v) is 6.98. The highest BCUT2D eigenvalue weighted by Gasteiger charge is 2.10. The van der Waals surface area contributed by atoms with Gasteiger partial charge >= 0.3 is 0 Å². The molecule has 0 bridgehead atoms. The molecule has 1 heteroatoms. The number of nitrogens with two attached hydrogens (primary N) is 1. The SMILES string of the molecule is Cc1cccc(-c2ccc3c4ccc(N)cc4c4ccccc4c3c2)c1. The minimum atomic E-state index is 0.804. The summed E-state index contributed by atoms with van der Waals surface area (Å²) >= 11 is 0. The number of nitrogen functional groups attached to an aromatic ring is 1. The first-order valence-electron chi connectivity index (χ1n) is 8.91. The topological polar surface area (TPSA) is 26.0 Å². The largest absolute Gasteiger partial charge is 0.399 e. The van der Waals surface area contributed by atoms with Gasteiger partial charge in [0.1, 0.15) is 0 Å². The van der Waals surface area contributed by atoms with Crippen molar-refractivity contribution in [3.63, 3.8) is 0 Å². The Balaban J connectivity index is 1.93. The molecule has 1 nitrogen and oxygen atoms in total. The Morgan fingerprint density at radius 2 is 1.12 bits per heavy atom. The molecule has 0 heterocycles. The van der Waals surface area contributed by atoms with Crippen LogP contribution in [0.5, 0.6) is 0 Å². The van der Waals surface area contributed by atoms with Crippen molar-refractivity contribution < 1.29 is 0 Å². The molecule has 0 spiro atoms. The molecular weight excluding hydrogens is 314 g/mol. The van der Waals surface area contributed by atoms with Crippen molar-refractivity contribution in [2.45, 2.75) is 6.92 Å². The first kappa shape index (κ1) is 15.0. The third-order valence-corrected chi connectivity index (χ3v) is 5.21. The van der Waals surface area contributed by atoms with E-state index in [9.17, 15) is 0 Å². The highest BCUT2D eigenvalue weighted by atomic mass is 14.5. The Morgan fingerprint density at radius 3 is 1.85 bits per heavy atom. The van der Waals surface area contributed by atoms with Gasteiger partial charge in [-0.15, -0.1) is 0 Å². The fourth-order valence-electron chi connectivity index (χ4n) is 3.98. The Hall–Kier alpha value is -3.32. The molecule has 0 atom stereocenters. The summed E-state index contributed by atoms with van der Waals surface area (Å²) in [6.45, 7) is 2.14. The molecule has 5 aromatic carbocycles. The maximum atomic E-state index is 6.07. The van der Waals surface area contributed by atoms with Crippen molar-refractivity contribution in [2.75, 3.05) is 5.73 Å². The molecule has 0 aromatic heterocycles. The summed E-state index contributed by atoms with van der Waals surface area (Å²) in [6.07, 6.45) is 0. The van der Waals surface area contributed by atoms with Crippen LogP contribution in [0.2, 0.25) is 0 Å². The minimum absolute atomic E-state index is 0.804. The van der Waals surface area contributed by atoms with Gasteiger partial charge in [-0.25, -0.2) is 0 Å². The number of aryl methyl sites for hydroxylation is 1. The maximum absolute atomic E-state index is 6.07. The van der Waals surface area contributed by atoms with Gasteiger partial charge in [-0.2, -0.15) is 0 Å². The van der Waals surface area contributed by atoms with Gasteiger partial charge in [-0.3, -0.25) is 0 Å². The number of benzene rings is 5. The third-order valence-electron chi connectivity index (χ3n) is 5.21. The summed E-state index contributed by atoms with van der Waals surface area (Å²) < 4.78 is 0. The van der Waals surface area contributed by atoms with Crippen LogP contribution in [0.15, 0.2) is 84.9 Å². The van der Waals surface area contributed by atoms with Crippen LogP contribution in [0.1, 0.15) is 5.56 Å². The van der Waals surface area contributed by atoms with Gasteiger partial charge in [-0.05, 0) is 68.6 Å². The van der Waals surface area contributed by atoms with Gasteiger partial charge in [0.15, 0.2) is 0 Å². The standard InChI is InChI=1S/C25H19N/c1-16-5-4-6-17(13-16)18-9-11-22-23-12-10-19(26)15-25(23)21-8-3-2-7-20(21)24(22)14-18/h2-15H,26H2,1H3. The first-order valence-corrected chi connectivity index (χ1v) is 8.91.